The Hall–Kier alpha value is -8.10. The molecule has 16 heteroatoms. The molecular formula is C52H48N6O10. The van der Waals surface area contributed by atoms with E-state index in [1.165, 1.54) is 7.11 Å². The zero-order valence-corrected chi connectivity index (χ0v) is 38.1. The van der Waals surface area contributed by atoms with E-state index in [0.717, 1.165) is 51.4 Å². The maximum absolute atomic E-state index is 14.2. The van der Waals surface area contributed by atoms with E-state index in [1.807, 2.05) is 90.6 Å². The van der Waals surface area contributed by atoms with Crippen LogP contribution in [0, 0.1) is 0 Å². The van der Waals surface area contributed by atoms with Crippen molar-refractivity contribution in [2.45, 2.75) is 57.8 Å². The van der Waals surface area contributed by atoms with Crippen LogP contribution in [0.15, 0.2) is 102 Å². The highest BCUT2D eigenvalue weighted by Crippen LogP contribution is 2.44. The van der Waals surface area contributed by atoms with Crippen LogP contribution in [-0.4, -0.2) is 88.0 Å². The summed E-state index contributed by atoms with van der Waals surface area (Å²) in [6.45, 7) is 1.25. The predicted octanol–water partition coefficient (Wildman–Crippen LogP) is 7.11. The summed E-state index contributed by atoms with van der Waals surface area (Å²) >= 11 is 0. The first-order valence-corrected chi connectivity index (χ1v) is 22.5. The molecule has 5 aliphatic heterocycles. The molecule has 5 aromatic rings. The lowest BCUT2D eigenvalue weighted by atomic mass is 10.1. The second kappa shape index (κ2) is 17.9. The van der Waals surface area contributed by atoms with E-state index in [-0.39, 0.29) is 50.3 Å². The summed E-state index contributed by atoms with van der Waals surface area (Å²) in [7, 11) is 6.93. The van der Waals surface area contributed by atoms with Gasteiger partial charge < -0.3 is 38.5 Å². The third kappa shape index (κ3) is 8.12. The lowest BCUT2D eigenvalue weighted by Crippen LogP contribution is -2.41. The van der Waals surface area contributed by atoms with Gasteiger partial charge in [-0.15, -0.1) is 5.06 Å². The summed E-state index contributed by atoms with van der Waals surface area (Å²) < 4.78 is 24.6. The van der Waals surface area contributed by atoms with Gasteiger partial charge in [0.2, 0.25) is 0 Å². The van der Waals surface area contributed by atoms with Gasteiger partial charge in [0.05, 0.1) is 54.1 Å². The standard InChI is InChI=1S/C52H48N6O10/c1-54(17-9-14-50(61)68-58-48(59)15-16-49(58)60)35-19-31(29-66-46-25-40-38(23-44(46)64-3)51(62)56-36(27-53-40)21-33-10-5-7-12-41(33)56)18-32(20-35)30-67-47-26-43-39(24-45(47)65-4)52(63)57-37(28-55(43)2)22-34-11-6-8-13-42(34)57/h5-8,10-13,18-20,23-26,37H,9,14-17,21-22,28-30H2,1-4H3/t37-/m0/s1. The van der Waals surface area contributed by atoms with Gasteiger partial charge in [-0.25, -0.2) is 9.79 Å². The van der Waals surface area contributed by atoms with E-state index >= 15 is 0 Å². The number of hydrogen-bond donors (Lipinski definition) is 0. The molecule has 5 aromatic carbocycles. The van der Waals surface area contributed by atoms with E-state index in [9.17, 15) is 24.0 Å². The molecule has 0 aliphatic carbocycles. The molecule has 0 spiro atoms. The molecule has 16 nitrogen and oxygen atoms in total. The number of ether oxygens (including phenoxy) is 4. The molecule has 0 bridgehead atoms. The highest BCUT2D eigenvalue weighted by Gasteiger charge is 2.40. The number of nitrogens with zero attached hydrogens (tertiary/aromatic N) is 6. The van der Waals surface area contributed by atoms with Crippen molar-refractivity contribution < 1.29 is 47.8 Å². The van der Waals surface area contributed by atoms with Gasteiger partial charge in [0.1, 0.15) is 13.2 Å². The van der Waals surface area contributed by atoms with Gasteiger partial charge in [-0.1, -0.05) is 36.4 Å². The van der Waals surface area contributed by atoms with Crippen molar-refractivity contribution in [3.05, 3.63) is 130 Å². The van der Waals surface area contributed by atoms with Crippen molar-refractivity contribution in [2.75, 3.05) is 61.0 Å². The molecule has 5 aliphatic rings. The minimum Gasteiger partial charge on any atom is -0.493 e. The van der Waals surface area contributed by atoms with Crippen molar-refractivity contribution in [3.8, 4) is 23.0 Å². The number of anilines is 4. The van der Waals surface area contributed by atoms with Crippen molar-refractivity contribution in [2.24, 2.45) is 4.99 Å². The van der Waals surface area contributed by atoms with Crippen LogP contribution >= 0.6 is 0 Å². The number of imide groups is 1. The zero-order valence-electron chi connectivity index (χ0n) is 38.1. The average Bonchev–Trinajstić information content (AvgIpc) is 3.97. The smallest absolute Gasteiger partial charge is 0.333 e. The van der Waals surface area contributed by atoms with Gasteiger partial charge in [-0.3, -0.25) is 24.1 Å². The van der Waals surface area contributed by atoms with E-state index in [0.29, 0.717) is 76.5 Å². The maximum atomic E-state index is 14.2. The minimum atomic E-state index is -0.673. The second-order valence-corrected chi connectivity index (χ2v) is 17.4. The van der Waals surface area contributed by atoms with Gasteiger partial charge >= 0.3 is 5.97 Å². The lowest BCUT2D eigenvalue weighted by molar-refractivity contribution is -0.197. The Kier molecular flexibility index (Phi) is 11.6. The molecular weight excluding hydrogens is 869 g/mol. The molecule has 1 atom stereocenters. The number of hydroxylamine groups is 2. The van der Waals surface area contributed by atoms with Gasteiger partial charge in [-0.05, 0) is 77.6 Å². The Labute approximate surface area is 392 Å². The SMILES string of the molecule is COc1cc2c(cc1OCc1cc(COc3cc4c(cc3OC)C(=O)N3c5ccccc5C[C@H]3CN4C)cc(N(C)CCCC(=O)ON3C(=O)CCC3=O)c1)N=C=C1Cc3ccccc3N1C2=O. The number of para-hydroxylation sites is 2. The van der Waals surface area contributed by atoms with E-state index in [1.54, 1.807) is 30.2 Å². The highest BCUT2D eigenvalue weighted by molar-refractivity contribution is 6.15. The Morgan fingerprint density at radius 3 is 2.10 bits per heavy atom. The summed E-state index contributed by atoms with van der Waals surface area (Å²) in [6.07, 6.45) is 1.68. The number of fused-ring (bicyclic) bond motifs is 8. The number of methoxy groups -OCH3 is 2. The fourth-order valence-corrected chi connectivity index (χ4v) is 9.52. The molecule has 4 amide bonds. The molecule has 1 fully saturated rings. The number of allylic oxidation sites excluding steroid dienone is 1. The van der Waals surface area contributed by atoms with Crippen LogP contribution in [0.1, 0.15) is 68.7 Å². The molecule has 1 saturated heterocycles. The number of aliphatic imine (C=N–C) groups is 1. The highest BCUT2D eigenvalue weighted by atomic mass is 16.7. The van der Waals surface area contributed by atoms with E-state index in [4.69, 9.17) is 23.8 Å². The first kappa shape index (κ1) is 43.8. The van der Waals surface area contributed by atoms with Gasteiger partial charge in [0, 0.05) is 82.2 Å². The summed E-state index contributed by atoms with van der Waals surface area (Å²) in [5.74, 6) is 2.64. The van der Waals surface area contributed by atoms with Crippen LogP contribution in [0.3, 0.4) is 0 Å². The number of rotatable bonds is 14. The number of carbonyl (C=O) groups excluding carboxylic acids is 5. The molecule has 0 unspecified atom stereocenters. The molecule has 10 rings (SSSR count). The molecule has 0 aromatic heterocycles. The second-order valence-electron chi connectivity index (χ2n) is 17.4. The van der Waals surface area contributed by atoms with Crippen molar-refractivity contribution in [1.82, 2.24) is 5.06 Å². The third-order valence-corrected chi connectivity index (χ3v) is 12.9. The topological polar surface area (TPSA) is 160 Å². The molecule has 0 N–H and O–H groups in total. The summed E-state index contributed by atoms with van der Waals surface area (Å²) in [4.78, 5) is 82.2. The van der Waals surface area contributed by atoms with Crippen molar-refractivity contribution in [3.63, 3.8) is 0 Å². The molecule has 5 heterocycles. The number of amides is 4. The lowest BCUT2D eigenvalue weighted by Gasteiger charge is -2.25. The average molecular weight is 917 g/mol. The number of likely N-dealkylation sites (N-methyl/N-ethyl adjacent to an activating group) is 1. The fraction of sp³-hybridized carbons (Fsp3) is 0.288. The van der Waals surface area contributed by atoms with E-state index < -0.39 is 17.8 Å². The maximum Gasteiger partial charge on any atom is 0.333 e. The van der Waals surface area contributed by atoms with Gasteiger partial charge in [0.25, 0.3) is 23.6 Å². The fourth-order valence-electron chi connectivity index (χ4n) is 9.52. The summed E-state index contributed by atoms with van der Waals surface area (Å²) in [6, 6.07) is 28.6. The van der Waals surface area contributed by atoms with Gasteiger partial charge in [0.15, 0.2) is 23.0 Å². The Morgan fingerprint density at radius 2 is 1.40 bits per heavy atom. The van der Waals surface area contributed by atoms with Crippen LogP contribution in [0.5, 0.6) is 23.0 Å². The molecule has 0 saturated carbocycles. The van der Waals surface area contributed by atoms with Crippen LogP contribution in [-0.2, 0) is 45.3 Å². The quantitative estimate of drug-likeness (QED) is 0.104. The Balaban J connectivity index is 0.906. The Morgan fingerprint density at radius 1 is 0.750 bits per heavy atom. The predicted molar refractivity (Wildman–Crippen MR) is 252 cm³/mol. The van der Waals surface area contributed by atoms with Crippen molar-refractivity contribution >= 4 is 63.9 Å². The molecule has 68 heavy (non-hydrogen) atoms. The van der Waals surface area contributed by atoms with Gasteiger partial charge in [-0.2, -0.15) is 0 Å². The van der Waals surface area contributed by atoms with Crippen LogP contribution in [0.2, 0.25) is 0 Å². The number of benzene rings is 5. The first-order valence-electron chi connectivity index (χ1n) is 22.5. The summed E-state index contributed by atoms with van der Waals surface area (Å²) in [5, 5.41) is 0.557. The number of carbonyl (C=O) groups is 5. The minimum absolute atomic E-state index is 0.0186. The Bertz CT molecular complexity index is 2980. The normalized spacial score (nSPS) is 16.5. The molecule has 346 valence electrons. The van der Waals surface area contributed by atoms with Crippen LogP contribution in [0.25, 0.3) is 0 Å². The third-order valence-electron chi connectivity index (χ3n) is 12.9. The van der Waals surface area contributed by atoms with Crippen LogP contribution < -0.4 is 38.5 Å². The van der Waals surface area contributed by atoms with Crippen LogP contribution in [0.4, 0.5) is 28.4 Å². The largest absolute Gasteiger partial charge is 0.493 e. The number of hydrogen-bond acceptors (Lipinski definition) is 13. The summed E-state index contributed by atoms with van der Waals surface area (Å²) in [5.41, 5.74) is 8.92. The van der Waals surface area contributed by atoms with E-state index in [2.05, 4.69) is 21.8 Å². The molecule has 0 radical (unpaired) electrons. The first-order chi connectivity index (χ1) is 33.0. The zero-order chi connectivity index (χ0) is 47.2. The van der Waals surface area contributed by atoms with Crippen molar-refractivity contribution in [1.29, 1.82) is 0 Å². The monoisotopic (exact) mass is 916 g/mol.